The number of aromatic amines is 1. The minimum absolute atomic E-state index is 0.252. The molecule has 2 N–H and O–H groups in total. The molecule has 1 saturated heterocycles. The van der Waals surface area contributed by atoms with Crippen LogP contribution in [0.2, 0.25) is 0 Å². The average molecular weight is 476 g/mol. The fourth-order valence-electron chi connectivity index (χ4n) is 4.20. The molecule has 6 heterocycles. The van der Waals surface area contributed by atoms with Crippen LogP contribution in [0.5, 0.6) is 0 Å². The van der Waals surface area contributed by atoms with Crippen LogP contribution < -0.4 is 10.2 Å². The molecule has 0 spiro atoms. The van der Waals surface area contributed by atoms with E-state index in [-0.39, 0.29) is 5.69 Å². The van der Waals surface area contributed by atoms with E-state index >= 15 is 0 Å². The summed E-state index contributed by atoms with van der Waals surface area (Å²) in [6.45, 7) is 3.86. The summed E-state index contributed by atoms with van der Waals surface area (Å²) in [5.41, 5.74) is 2.78. The van der Waals surface area contributed by atoms with E-state index < -0.39 is 6.43 Å². The fraction of sp³-hybridized carbons (Fsp3) is 0.261. The summed E-state index contributed by atoms with van der Waals surface area (Å²) in [5, 5.41) is 8.34. The van der Waals surface area contributed by atoms with E-state index in [1.807, 2.05) is 12.1 Å². The van der Waals surface area contributed by atoms with Gasteiger partial charge >= 0.3 is 0 Å². The van der Waals surface area contributed by atoms with Crippen molar-refractivity contribution in [1.29, 1.82) is 0 Å². The molecule has 35 heavy (non-hydrogen) atoms. The average Bonchev–Trinajstić information content (AvgIpc) is 3.48. The van der Waals surface area contributed by atoms with E-state index in [4.69, 9.17) is 0 Å². The molecule has 0 atom stereocenters. The Bertz CT molecular complexity index is 1500. The molecule has 6 rings (SSSR count). The van der Waals surface area contributed by atoms with E-state index in [0.29, 0.717) is 28.5 Å². The Labute approximate surface area is 198 Å². The number of pyridine rings is 1. The molecule has 0 aliphatic carbocycles. The van der Waals surface area contributed by atoms with Gasteiger partial charge in [-0.05, 0) is 25.2 Å². The Morgan fingerprint density at radius 2 is 1.89 bits per heavy atom. The lowest BCUT2D eigenvalue weighted by Crippen LogP contribution is -2.44. The standard InChI is InChI=1S/C23H22F2N10/c1-33-6-8-34(9-7-33)20-10-14(4-5-26-20)30-23-29-12-16-15(11-28-22(16)31-23)17-2-3-19-27-13-18(21(24)25)35(19)32-17/h2-5,10-13,21H,6-9H2,1H3,(H2,26,28,29,30,31). The number of hydrogen-bond donors (Lipinski definition) is 2. The summed E-state index contributed by atoms with van der Waals surface area (Å²) in [4.78, 5) is 25.2. The molecule has 0 radical (unpaired) electrons. The highest BCUT2D eigenvalue weighted by atomic mass is 19.3. The number of likely N-dealkylation sites (N-methyl/N-ethyl adjacent to an activating group) is 1. The summed E-state index contributed by atoms with van der Waals surface area (Å²) in [6.07, 6.45) is 3.67. The van der Waals surface area contributed by atoms with Gasteiger partial charge in [0.2, 0.25) is 5.95 Å². The van der Waals surface area contributed by atoms with Crippen LogP contribution in [0.3, 0.4) is 0 Å². The van der Waals surface area contributed by atoms with E-state index in [9.17, 15) is 8.78 Å². The van der Waals surface area contributed by atoms with Crippen molar-refractivity contribution < 1.29 is 8.78 Å². The molecule has 10 nitrogen and oxygen atoms in total. The number of aromatic nitrogens is 7. The zero-order valence-electron chi connectivity index (χ0n) is 18.9. The number of imidazole rings is 1. The normalized spacial score (nSPS) is 14.9. The zero-order valence-corrected chi connectivity index (χ0v) is 18.9. The van der Waals surface area contributed by atoms with Crippen LogP contribution >= 0.6 is 0 Å². The molecule has 0 bridgehead atoms. The summed E-state index contributed by atoms with van der Waals surface area (Å²) >= 11 is 0. The third-order valence-electron chi connectivity index (χ3n) is 6.15. The van der Waals surface area contributed by atoms with Crippen molar-refractivity contribution in [3.63, 3.8) is 0 Å². The highest BCUT2D eigenvalue weighted by Gasteiger charge is 2.18. The Morgan fingerprint density at radius 1 is 1.03 bits per heavy atom. The van der Waals surface area contributed by atoms with Crippen LogP contribution in [-0.2, 0) is 0 Å². The number of nitrogens with one attached hydrogen (secondary N) is 2. The first-order valence-electron chi connectivity index (χ1n) is 11.2. The van der Waals surface area contributed by atoms with E-state index in [1.165, 1.54) is 0 Å². The second-order valence-corrected chi connectivity index (χ2v) is 8.45. The molecule has 5 aromatic rings. The fourth-order valence-corrected chi connectivity index (χ4v) is 4.20. The number of anilines is 3. The van der Waals surface area contributed by atoms with Crippen molar-refractivity contribution >= 4 is 34.1 Å². The predicted octanol–water partition coefficient (Wildman–Crippen LogP) is 3.50. The number of H-pyrrole nitrogens is 1. The van der Waals surface area contributed by atoms with Gasteiger partial charge in [-0.15, -0.1) is 0 Å². The van der Waals surface area contributed by atoms with Gasteiger partial charge in [0.25, 0.3) is 6.43 Å². The highest BCUT2D eigenvalue weighted by molar-refractivity contribution is 5.92. The number of halogens is 2. The third kappa shape index (κ3) is 4.01. The van der Waals surface area contributed by atoms with Gasteiger partial charge in [-0.1, -0.05) is 0 Å². The van der Waals surface area contributed by atoms with Gasteiger partial charge < -0.3 is 20.1 Å². The molecule has 5 aromatic heterocycles. The first kappa shape index (κ1) is 21.4. The zero-order chi connectivity index (χ0) is 23.9. The molecule has 1 fully saturated rings. The number of fused-ring (bicyclic) bond motifs is 2. The number of alkyl halides is 2. The smallest absolute Gasteiger partial charge is 0.282 e. The Balaban J connectivity index is 1.26. The Morgan fingerprint density at radius 3 is 2.71 bits per heavy atom. The van der Waals surface area contributed by atoms with Crippen molar-refractivity contribution in [2.45, 2.75) is 6.43 Å². The van der Waals surface area contributed by atoms with Crippen molar-refractivity contribution in [2.24, 2.45) is 0 Å². The first-order valence-corrected chi connectivity index (χ1v) is 11.2. The summed E-state index contributed by atoms with van der Waals surface area (Å²) in [6, 6.07) is 7.26. The first-order chi connectivity index (χ1) is 17.0. The lowest BCUT2D eigenvalue weighted by atomic mass is 10.2. The molecular weight excluding hydrogens is 454 g/mol. The van der Waals surface area contributed by atoms with Crippen LogP contribution in [0.1, 0.15) is 12.1 Å². The van der Waals surface area contributed by atoms with E-state index in [2.05, 4.69) is 52.2 Å². The molecule has 0 unspecified atom stereocenters. The maximum Gasteiger partial charge on any atom is 0.282 e. The summed E-state index contributed by atoms with van der Waals surface area (Å²) < 4.78 is 27.7. The lowest BCUT2D eigenvalue weighted by Gasteiger charge is -2.33. The predicted molar refractivity (Wildman–Crippen MR) is 128 cm³/mol. The molecule has 1 aliphatic heterocycles. The quantitative estimate of drug-likeness (QED) is 0.397. The monoisotopic (exact) mass is 476 g/mol. The molecule has 0 amide bonds. The maximum atomic E-state index is 13.3. The highest BCUT2D eigenvalue weighted by Crippen LogP contribution is 2.28. The van der Waals surface area contributed by atoms with Gasteiger partial charge in [0, 0.05) is 67.5 Å². The van der Waals surface area contributed by atoms with Gasteiger partial charge in [0.1, 0.15) is 17.2 Å². The van der Waals surface area contributed by atoms with Gasteiger partial charge in [0.15, 0.2) is 5.65 Å². The van der Waals surface area contributed by atoms with Gasteiger partial charge in [-0.3, -0.25) is 0 Å². The second-order valence-electron chi connectivity index (χ2n) is 8.45. The van der Waals surface area contributed by atoms with Gasteiger partial charge in [0.05, 0.1) is 11.9 Å². The van der Waals surface area contributed by atoms with Crippen LogP contribution in [0.15, 0.2) is 49.1 Å². The van der Waals surface area contributed by atoms with Gasteiger partial charge in [-0.25, -0.2) is 28.2 Å². The van der Waals surface area contributed by atoms with Crippen molar-refractivity contribution in [3.8, 4) is 11.3 Å². The van der Waals surface area contributed by atoms with Crippen molar-refractivity contribution in [2.75, 3.05) is 43.4 Å². The van der Waals surface area contributed by atoms with Crippen molar-refractivity contribution in [3.05, 3.63) is 54.7 Å². The van der Waals surface area contributed by atoms with Crippen LogP contribution in [-0.4, -0.2) is 72.7 Å². The molecule has 12 heteroatoms. The maximum absolute atomic E-state index is 13.3. The summed E-state index contributed by atoms with van der Waals surface area (Å²) in [7, 11) is 2.12. The molecule has 0 aromatic carbocycles. The van der Waals surface area contributed by atoms with E-state index in [0.717, 1.165) is 53.8 Å². The Hall–Kier alpha value is -4.19. The third-order valence-corrected chi connectivity index (χ3v) is 6.15. The van der Waals surface area contributed by atoms with Crippen LogP contribution in [0.25, 0.3) is 27.9 Å². The van der Waals surface area contributed by atoms with Gasteiger partial charge in [-0.2, -0.15) is 10.1 Å². The largest absolute Gasteiger partial charge is 0.354 e. The van der Waals surface area contributed by atoms with E-state index in [1.54, 1.807) is 30.7 Å². The second kappa shape index (κ2) is 8.55. The topological polar surface area (TPSA) is 103 Å². The SMILES string of the molecule is CN1CCN(c2cc(Nc3ncc4c(-c5ccc6ncc(C(F)F)n6n5)c[nH]c4n3)ccn2)CC1. The molecule has 0 saturated carbocycles. The molecule has 1 aliphatic rings. The lowest BCUT2D eigenvalue weighted by molar-refractivity contribution is 0.143. The molecule has 178 valence electrons. The molecular formula is C23H22F2N10. The van der Waals surface area contributed by atoms with Crippen molar-refractivity contribution in [1.82, 2.24) is 39.4 Å². The number of nitrogens with zero attached hydrogens (tertiary/aromatic N) is 8. The minimum atomic E-state index is -2.67. The Kier molecular flexibility index (Phi) is 5.21. The van der Waals surface area contributed by atoms with Crippen LogP contribution in [0, 0.1) is 0 Å². The minimum Gasteiger partial charge on any atom is -0.354 e. The van der Waals surface area contributed by atoms with Crippen LogP contribution in [0.4, 0.5) is 26.2 Å². The number of rotatable bonds is 5. The summed E-state index contributed by atoms with van der Waals surface area (Å²) in [5.74, 6) is 1.34. The number of hydrogen-bond acceptors (Lipinski definition) is 8. The number of piperazine rings is 1.